The van der Waals surface area contributed by atoms with E-state index in [2.05, 4.69) is 34.6 Å². The summed E-state index contributed by atoms with van der Waals surface area (Å²) in [6, 6.07) is 14.5. The van der Waals surface area contributed by atoms with Gasteiger partial charge in [-0.2, -0.15) is 0 Å². The third kappa shape index (κ3) is 1.48. The van der Waals surface area contributed by atoms with Crippen LogP contribution < -0.4 is 5.32 Å². The molecule has 2 heteroatoms. The molecule has 15 heavy (non-hydrogen) atoms. The van der Waals surface area contributed by atoms with Crippen LogP contribution in [-0.4, -0.2) is 11.5 Å². The topological polar surface area (TPSA) is 24.9 Å². The minimum atomic E-state index is 1.01. The van der Waals surface area contributed by atoms with Crippen molar-refractivity contribution in [2.24, 2.45) is 0 Å². The maximum absolute atomic E-state index is 4.61. The lowest BCUT2D eigenvalue weighted by Crippen LogP contribution is -1.94. The second kappa shape index (κ2) is 3.39. The van der Waals surface area contributed by atoms with Gasteiger partial charge in [-0.1, -0.05) is 36.4 Å². The Kier molecular flexibility index (Phi) is 1.91. The van der Waals surface area contributed by atoms with Crippen molar-refractivity contribution in [3.8, 4) is 11.3 Å². The van der Waals surface area contributed by atoms with Crippen LogP contribution in [0.4, 0.5) is 5.82 Å². The predicted molar refractivity (Wildman–Crippen MR) is 61.9 cm³/mol. The number of hydrogen-bond donors (Lipinski definition) is 1. The van der Waals surface area contributed by atoms with E-state index in [9.17, 15) is 0 Å². The summed E-state index contributed by atoms with van der Waals surface area (Å²) in [5, 5.41) is 3.30. The Morgan fingerprint density at radius 3 is 2.73 bits per heavy atom. The van der Waals surface area contributed by atoms with Crippen molar-refractivity contribution in [1.29, 1.82) is 0 Å². The highest BCUT2D eigenvalue weighted by atomic mass is 15.0. The highest BCUT2D eigenvalue weighted by Crippen LogP contribution is 2.24. The monoisotopic (exact) mass is 196 g/mol. The van der Waals surface area contributed by atoms with Gasteiger partial charge in [0, 0.05) is 12.1 Å². The van der Waals surface area contributed by atoms with Crippen LogP contribution in [0, 0.1) is 0 Å². The average molecular weight is 196 g/mol. The first-order valence-electron chi connectivity index (χ1n) is 5.23. The van der Waals surface area contributed by atoms with Crippen LogP contribution in [0.3, 0.4) is 0 Å². The lowest BCUT2D eigenvalue weighted by Gasteiger charge is -2.03. The van der Waals surface area contributed by atoms with Gasteiger partial charge in [-0.15, -0.1) is 0 Å². The van der Waals surface area contributed by atoms with E-state index in [-0.39, 0.29) is 0 Å². The quantitative estimate of drug-likeness (QED) is 0.758. The molecule has 1 N–H and O–H groups in total. The fraction of sp³-hybridized carbons (Fsp3) is 0.154. The Bertz CT molecular complexity index is 477. The molecule has 2 nitrogen and oxygen atoms in total. The zero-order valence-corrected chi connectivity index (χ0v) is 8.40. The average Bonchev–Trinajstić information content (AvgIpc) is 2.77. The lowest BCUT2D eigenvalue weighted by atomic mass is 10.1. The molecule has 0 saturated carbocycles. The molecule has 0 aliphatic carbocycles. The largest absolute Gasteiger partial charge is 0.369 e. The van der Waals surface area contributed by atoms with Gasteiger partial charge in [0.15, 0.2) is 0 Å². The van der Waals surface area contributed by atoms with E-state index in [0.29, 0.717) is 0 Å². The van der Waals surface area contributed by atoms with Crippen molar-refractivity contribution in [2.45, 2.75) is 6.42 Å². The van der Waals surface area contributed by atoms with Gasteiger partial charge in [0.1, 0.15) is 5.82 Å². The molecule has 0 spiro atoms. The Morgan fingerprint density at radius 1 is 1.00 bits per heavy atom. The molecule has 1 aromatic heterocycles. The van der Waals surface area contributed by atoms with E-state index in [4.69, 9.17) is 0 Å². The third-order valence-electron chi connectivity index (χ3n) is 2.74. The summed E-state index contributed by atoms with van der Waals surface area (Å²) < 4.78 is 0. The maximum atomic E-state index is 4.61. The molecule has 1 aliphatic heterocycles. The van der Waals surface area contributed by atoms with Crippen molar-refractivity contribution in [2.75, 3.05) is 11.9 Å². The minimum absolute atomic E-state index is 1.01. The Balaban J connectivity index is 2.07. The molecule has 0 atom stereocenters. The molecule has 1 aliphatic rings. The molecule has 2 heterocycles. The molecule has 0 fully saturated rings. The van der Waals surface area contributed by atoms with E-state index >= 15 is 0 Å². The number of nitrogens with one attached hydrogen (secondary N) is 1. The van der Waals surface area contributed by atoms with Gasteiger partial charge < -0.3 is 5.32 Å². The van der Waals surface area contributed by atoms with Crippen molar-refractivity contribution >= 4 is 5.82 Å². The first-order valence-corrected chi connectivity index (χ1v) is 5.23. The summed E-state index contributed by atoms with van der Waals surface area (Å²) in [6.07, 6.45) is 1.09. The zero-order chi connectivity index (χ0) is 10.1. The van der Waals surface area contributed by atoms with Crippen molar-refractivity contribution in [3.05, 3.63) is 48.0 Å². The number of anilines is 1. The standard InChI is InChI=1S/C13H12N2/c1-2-4-10(5-3-1)12-7-6-11-8-9-14-13(11)15-12/h1-7H,8-9H2,(H,14,15). The van der Waals surface area contributed by atoms with Gasteiger partial charge >= 0.3 is 0 Å². The SMILES string of the molecule is c1ccc(-c2ccc3c(n2)NCC3)cc1. The van der Waals surface area contributed by atoms with Crippen LogP contribution in [0.1, 0.15) is 5.56 Å². The van der Waals surface area contributed by atoms with E-state index in [1.54, 1.807) is 0 Å². The van der Waals surface area contributed by atoms with Gasteiger partial charge in [-0.3, -0.25) is 0 Å². The van der Waals surface area contributed by atoms with E-state index in [1.807, 2.05) is 18.2 Å². The number of nitrogens with zero attached hydrogens (tertiary/aromatic N) is 1. The molecule has 0 unspecified atom stereocenters. The maximum Gasteiger partial charge on any atom is 0.129 e. The van der Waals surface area contributed by atoms with E-state index in [1.165, 1.54) is 11.1 Å². The Morgan fingerprint density at radius 2 is 1.87 bits per heavy atom. The second-order valence-corrected chi connectivity index (χ2v) is 3.75. The highest BCUT2D eigenvalue weighted by molar-refractivity contribution is 5.63. The van der Waals surface area contributed by atoms with Crippen molar-refractivity contribution < 1.29 is 0 Å². The number of fused-ring (bicyclic) bond motifs is 1. The lowest BCUT2D eigenvalue weighted by molar-refractivity contribution is 1.11. The van der Waals surface area contributed by atoms with Crippen LogP contribution in [0.25, 0.3) is 11.3 Å². The molecular weight excluding hydrogens is 184 g/mol. The molecule has 0 saturated heterocycles. The summed E-state index contributed by atoms with van der Waals surface area (Å²) in [6.45, 7) is 1.01. The molecule has 0 radical (unpaired) electrons. The molecule has 1 aromatic carbocycles. The molecule has 2 aromatic rings. The fourth-order valence-corrected chi connectivity index (χ4v) is 1.93. The normalized spacial score (nSPS) is 13.3. The molecule has 3 rings (SSSR count). The van der Waals surface area contributed by atoms with E-state index in [0.717, 1.165) is 24.5 Å². The number of rotatable bonds is 1. The molecular formula is C13H12N2. The van der Waals surface area contributed by atoms with Crippen LogP contribution in [0.2, 0.25) is 0 Å². The first kappa shape index (κ1) is 8.48. The Hall–Kier alpha value is -1.83. The first-order chi connectivity index (χ1) is 7.43. The molecule has 0 bridgehead atoms. The highest BCUT2D eigenvalue weighted by Gasteiger charge is 2.11. The van der Waals surface area contributed by atoms with Gasteiger partial charge in [0.2, 0.25) is 0 Å². The van der Waals surface area contributed by atoms with Gasteiger partial charge in [-0.05, 0) is 18.1 Å². The molecule has 74 valence electrons. The minimum Gasteiger partial charge on any atom is -0.369 e. The number of aromatic nitrogens is 1. The summed E-state index contributed by atoms with van der Waals surface area (Å²) in [5.74, 6) is 1.05. The van der Waals surface area contributed by atoms with Crippen LogP contribution in [-0.2, 0) is 6.42 Å². The number of hydrogen-bond acceptors (Lipinski definition) is 2. The summed E-state index contributed by atoms with van der Waals surface area (Å²) in [5.41, 5.74) is 3.55. The van der Waals surface area contributed by atoms with Gasteiger partial charge in [0.25, 0.3) is 0 Å². The summed E-state index contributed by atoms with van der Waals surface area (Å²) in [4.78, 5) is 4.61. The third-order valence-corrected chi connectivity index (χ3v) is 2.74. The van der Waals surface area contributed by atoms with Crippen LogP contribution in [0.5, 0.6) is 0 Å². The van der Waals surface area contributed by atoms with Crippen LogP contribution in [0.15, 0.2) is 42.5 Å². The smallest absolute Gasteiger partial charge is 0.129 e. The van der Waals surface area contributed by atoms with Gasteiger partial charge in [0.05, 0.1) is 5.69 Å². The number of pyridine rings is 1. The fourth-order valence-electron chi connectivity index (χ4n) is 1.93. The van der Waals surface area contributed by atoms with Crippen molar-refractivity contribution in [3.63, 3.8) is 0 Å². The van der Waals surface area contributed by atoms with E-state index < -0.39 is 0 Å². The molecule has 0 amide bonds. The second-order valence-electron chi connectivity index (χ2n) is 3.75. The summed E-state index contributed by atoms with van der Waals surface area (Å²) >= 11 is 0. The summed E-state index contributed by atoms with van der Waals surface area (Å²) in [7, 11) is 0. The Labute approximate surface area is 89.0 Å². The van der Waals surface area contributed by atoms with Crippen molar-refractivity contribution in [1.82, 2.24) is 4.98 Å². The number of benzene rings is 1. The predicted octanol–water partition coefficient (Wildman–Crippen LogP) is 2.72. The van der Waals surface area contributed by atoms with Crippen LogP contribution >= 0.6 is 0 Å². The zero-order valence-electron chi connectivity index (χ0n) is 8.40. The van der Waals surface area contributed by atoms with Gasteiger partial charge in [-0.25, -0.2) is 4.98 Å².